The van der Waals surface area contributed by atoms with Crippen molar-refractivity contribution in [1.29, 1.82) is 0 Å². The smallest absolute Gasteiger partial charge is 0.260 e. The highest BCUT2D eigenvalue weighted by Crippen LogP contribution is 2.25. The fourth-order valence-electron chi connectivity index (χ4n) is 1.98. The summed E-state index contributed by atoms with van der Waals surface area (Å²) in [6, 6.07) is 12.3. The van der Waals surface area contributed by atoms with Gasteiger partial charge in [-0.15, -0.1) is 0 Å². The molecule has 0 fully saturated rings. The highest BCUT2D eigenvalue weighted by atomic mass is 16.5. The Labute approximate surface area is 123 Å². The fraction of sp³-hybridized carbons (Fsp3) is 0.188. The fourth-order valence-corrected chi connectivity index (χ4v) is 1.98. The minimum Gasteiger partial charge on any atom is -0.497 e. The predicted molar refractivity (Wildman–Crippen MR) is 83.1 cm³/mol. The summed E-state index contributed by atoms with van der Waals surface area (Å²) < 4.78 is 10.2. The molecule has 0 aromatic heterocycles. The lowest BCUT2D eigenvalue weighted by atomic mass is 10.1. The molecule has 1 amide bonds. The number of hydrogen-bond acceptors (Lipinski definition) is 4. The number of hydrogen-bond donors (Lipinski definition) is 1. The third-order valence-corrected chi connectivity index (χ3v) is 3.23. The summed E-state index contributed by atoms with van der Waals surface area (Å²) >= 11 is 0. The number of nitrogens with two attached hydrogens (primary N) is 1. The maximum absolute atomic E-state index is 12.5. The van der Waals surface area contributed by atoms with E-state index in [1.165, 1.54) is 4.90 Å². The van der Waals surface area contributed by atoms with Gasteiger partial charge in [-0.3, -0.25) is 4.79 Å². The number of rotatable bonds is 4. The van der Waals surface area contributed by atoms with E-state index < -0.39 is 0 Å². The average Bonchev–Trinajstić information content (AvgIpc) is 2.53. The molecule has 110 valence electrons. The summed E-state index contributed by atoms with van der Waals surface area (Å²) in [5, 5.41) is 0. The highest BCUT2D eigenvalue weighted by Gasteiger charge is 2.17. The molecule has 2 aromatic rings. The van der Waals surface area contributed by atoms with Gasteiger partial charge in [0.2, 0.25) is 0 Å². The number of carbonyl (C=O) groups is 1. The Balaban J connectivity index is 2.30. The second-order valence-electron chi connectivity index (χ2n) is 4.52. The Hall–Kier alpha value is -2.69. The van der Waals surface area contributed by atoms with Crippen molar-refractivity contribution in [3.63, 3.8) is 0 Å². The summed E-state index contributed by atoms with van der Waals surface area (Å²) in [7, 11) is 4.84. The van der Waals surface area contributed by atoms with E-state index in [0.29, 0.717) is 22.7 Å². The van der Waals surface area contributed by atoms with Crippen molar-refractivity contribution in [3.8, 4) is 11.5 Å². The molecular formula is C16H18N2O3. The molecule has 0 spiro atoms. The normalized spacial score (nSPS) is 10.0. The van der Waals surface area contributed by atoms with Gasteiger partial charge in [-0.1, -0.05) is 6.07 Å². The molecule has 0 radical (unpaired) electrons. The Morgan fingerprint density at radius 3 is 2.33 bits per heavy atom. The second-order valence-corrected chi connectivity index (χ2v) is 4.52. The summed E-state index contributed by atoms with van der Waals surface area (Å²) in [5.41, 5.74) is 7.46. The van der Waals surface area contributed by atoms with Gasteiger partial charge in [-0.2, -0.15) is 0 Å². The van der Waals surface area contributed by atoms with Crippen LogP contribution in [0.5, 0.6) is 11.5 Å². The van der Waals surface area contributed by atoms with Crippen LogP contribution in [-0.4, -0.2) is 27.2 Å². The minimum atomic E-state index is -0.191. The van der Waals surface area contributed by atoms with Crippen molar-refractivity contribution < 1.29 is 14.3 Å². The lowest BCUT2D eigenvalue weighted by Gasteiger charge is -2.19. The molecule has 0 atom stereocenters. The van der Waals surface area contributed by atoms with E-state index in [1.807, 2.05) is 18.2 Å². The van der Waals surface area contributed by atoms with Crippen LogP contribution in [0.3, 0.4) is 0 Å². The van der Waals surface area contributed by atoms with E-state index in [-0.39, 0.29) is 5.91 Å². The average molecular weight is 286 g/mol. The van der Waals surface area contributed by atoms with Gasteiger partial charge in [-0.25, -0.2) is 0 Å². The Bertz CT molecular complexity index is 656. The van der Waals surface area contributed by atoms with Crippen LogP contribution in [-0.2, 0) is 0 Å². The Morgan fingerprint density at radius 2 is 1.71 bits per heavy atom. The van der Waals surface area contributed by atoms with Crippen LogP contribution in [0.4, 0.5) is 11.4 Å². The molecule has 0 saturated heterocycles. The minimum absolute atomic E-state index is 0.191. The lowest BCUT2D eigenvalue weighted by Crippen LogP contribution is -2.27. The molecule has 2 rings (SSSR count). The molecule has 0 aliphatic rings. The van der Waals surface area contributed by atoms with E-state index in [4.69, 9.17) is 15.2 Å². The van der Waals surface area contributed by atoms with Gasteiger partial charge in [0.05, 0.1) is 19.8 Å². The molecule has 0 unspecified atom stereocenters. The standard InChI is InChI=1S/C16H18N2O3/c1-18(11-5-4-6-12(9-11)20-2)16(19)14-8-7-13(21-3)10-15(14)17/h4-10H,17H2,1-3H3. The van der Waals surface area contributed by atoms with Gasteiger partial charge in [0.25, 0.3) is 5.91 Å². The molecule has 2 aromatic carbocycles. The number of nitrogen functional groups attached to an aromatic ring is 1. The van der Waals surface area contributed by atoms with Crippen LogP contribution >= 0.6 is 0 Å². The monoisotopic (exact) mass is 286 g/mol. The third-order valence-electron chi connectivity index (χ3n) is 3.23. The number of amides is 1. The van der Waals surface area contributed by atoms with Crippen molar-refractivity contribution >= 4 is 17.3 Å². The van der Waals surface area contributed by atoms with Gasteiger partial charge in [0.15, 0.2) is 0 Å². The van der Waals surface area contributed by atoms with Gasteiger partial charge >= 0.3 is 0 Å². The van der Waals surface area contributed by atoms with Crippen molar-refractivity contribution in [2.45, 2.75) is 0 Å². The zero-order valence-corrected chi connectivity index (χ0v) is 12.3. The van der Waals surface area contributed by atoms with Crippen LogP contribution in [0, 0.1) is 0 Å². The van der Waals surface area contributed by atoms with Crippen LogP contribution in [0.15, 0.2) is 42.5 Å². The van der Waals surface area contributed by atoms with E-state index in [1.54, 1.807) is 45.5 Å². The SMILES string of the molecule is COc1cccc(N(C)C(=O)c2ccc(OC)cc2N)c1. The van der Waals surface area contributed by atoms with Crippen LogP contribution in [0.2, 0.25) is 0 Å². The maximum Gasteiger partial charge on any atom is 0.260 e. The Morgan fingerprint density at radius 1 is 1.05 bits per heavy atom. The first-order chi connectivity index (χ1) is 10.1. The summed E-state index contributed by atoms with van der Waals surface area (Å²) in [4.78, 5) is 14.1. The summed E-state index contributed by atoms with van der Waals surface area (Å²) in [6.07, 6.45) is 0. The van der Waals surface area contributed by atoms with E-state index in [0.717, 1.165) is 5.69 Å². The van der Waals surface area contributed by atoms with Crippen LogP contribution < -0.4 is 20.1 Å². The zero-order chi connectivity index (χ0) is 15.4. The van der Waals surface area contributed by atoms with Crippen molar-refractivity contribution in [2.75, 3.05) is 31.9 Å². The van der Waals surface area contributed by atoms with Gasteiger partial charge < -0.3 is 20.1 Å². The van der Waals surface area contributed by atoms with Crippen LogP contribution in [0.25, 0.3) is 0 Å². The molecule has 0 heterocycles. The van der Waals surface area contributed by atoms with Crippen molar-refractivity contribution in [3.05, 3.63) is 48.0 Å². The first-order valence-corrected chi connectivity index (χ1v) is 6.42. The van der Waals surface area contributed by atoms with Gasteiger partial charge in [-0.05, 0) is 24.3 Å². The lowest BCUT2D eigenvalue weighted by molar-refractivity contribution is 0.0994. The Kier molecular flexibility index (Phi) is 4.33. The molecule has 0 aliphatic heterocycles. The molecule has 0 aliphatic carbocycles. The van der Waals surface area contributed by atoms with E-state index in [2.05, 4.69) is 0 Å². The molecule has 2 N–H and O–H groups in total. The number of nitrogens with zero attached hydrogens (tertiary/aromatic N) is 1. The van der Waals surface area contributed by atoms with Crippen molar-refractivity contribution in [2.24, 2.45) is 0 Å². The van der Waals surface area contributed by atoms with Crippen molar-refractivity contribution in [1.82, 2.24) is 0 Å². The number of anilines is 2. The van der Waals surface area contributed by atoms with E-state index >= 15 is 0 Å². The van der Waals surface area contributed by atoms with Gasteiger partial charge in [0.1, 0.15) is 11.5 Å². The third kappa shape index (κ3) is 3.08. The highest BCUT2D eigenvalue weighted by molar-refractivity contribution is 6.09. The van der Waals surface area contributed by atoms with Crippen LogP contribution in [0.1, 0.15) is 10.4 Å². The molecular weight excluding hydrogens is 268 g/mol. The number of ether oxygens (including phenoxy) is 2. The first-order valence-electron chi connectivity index (χ1n) is 6.42. The largest absolute Gasteiger partial charge is 0.497 e. The molecule has 0 saturated carbocycles. The summed E-state index contributed by atoms with van der Waals surface area (Å²) in [6.45, 7) is 0. The number of carbonyl (C=O) groups excluding carboxylic acids is 1. The molecule has 21 heavy (non-hydrogen) atoms. The maximum atomic E-state index is 12.5. The topological polar surface area (TPSA) is 64.8 Å². The summed E-state index contributed by atoms with van der Waals surface area (Å²) in [5.74, 6) is 1.12. The molecule has 0 bridgehead atoms. The first kappa shape index (κ1) is 14.7. The quantitative estimate of drug-likeness (QED) is 0.877. The molecule has 5 heteroatoms. The van der Waals surface area contributed by atoms with E-state index in [9.17, 15) is 4.79 Å². The second kappa shape index (κ2) is 6.17. The zero-order valence-electron chi connectivity index (χ0n) is 12.3. The van der Waals surface area contributed by atoms with Gasteiger partial charge in [0, 0.05) is 30.6 Å². The molecule has 5 nitrogen and oxygen atoms in total. The number of methoxy groups -OCH3 is 2. The predicted octanol–water partition coefficient (Wildman–Crippen LogP) is 2.56. The number of benzene rings is 2.